The molecule has 0 aliphatic carbocycles. The van der Waals surface area contributed by atoms with Crippen molar-refractivity contribution >= 4 is 0 Å². The molecular weight excluding hydrogens is 227 g/mol. The summed E-state index contributed by atoms with van der Waals surface area (Å²) in [6.45, 7) is 10.6. The minimum Gasteiger partial charge on any atom is -0.388 e. The fourth-order valence-corrected chi connectivity index (χ4v) is 2.61. The molecule has 0 bridgehead atoms. The third-order valence-electron chi connectivity index (χ3n) is 3.19. The van der Waals surface area contributed by atoms with Gasteiger partial charge in [0.05, 0.1) is 6.10 Å². The summed E-state index contributed by atoms with van der Waals surface area (Å²) in [5.41, 5.74) is 1.93. The van der Waals surface area contributed by atoms with E-state index in [0.29, 0.717) is 12.3 Å². The Labute approximate surface area is 110 Å². The summed E-state index contributed by atoms with van der Waals surface area (Å²) in [5.74, 6) is 0.140. The smallest absolute Gasteiger partial charge is 0.123 e. The zero-order valence-electron chi connectivity index (χ0n) is 12.1. The first-order valence-electron chi connectivity index (χ1n) is 6.63. The molecule has 0 fully saturated rings. The Morgan fingerprint density at radius 2 is 1.89 bits per heavy atom. The van der Waals surface area contributed by atoms with Crippen LogP contribution < -0.4 is 0 Å². The molecule has 2 heteroatoms. The first-order valence-corrected chi connectivity index (χ1v) is 6.63. The molecule has 1 aromatic carbocycles. The van der Waals surface area contributed by atoms with Gasteiger partial charge in [0.25, 0.3) is 0 Å². The fraction of sp³-hybridized carbons (Fsp3) is 0.625. The molecule has 0 aromatic heterocycles. The van der Waals surface area contributed by atoms with Crippen molar-refractivity contribution in [3.8, 4) is 0 Å². The standard InChI is InChI=1S/C16H25FO/c1-11(10-16(3,4)5)8-15(18)14-9-13(17)7-6-12(14)2/h6-7,9,11,15,18H,8,10H2,1-5H3. The molecule has 0 aliphatic heterocycles. The average molecular weight is 252 g/mol. The minimum absolute atomic E-state index is 0.260. The molecule has 0 saturated heterocycles. The van der Waals surface area contributed by atoms with Crippen LogP contribution in [0, 0.1) is 24.1 Å². The normalized spacial score (nSPS) is 15.5. The Morgan fingerprint density at radius 1 is 1.28 bits per heavy atom. The van der Waals surface area contributed by atoms with Crippen LogP contribution in [0.2, 0.25) is 0 Å². The Kier molecular flexibility index (Phi) is 4.92. The number of benzene rings is 1. The third-order valence-corrected chi connectivity index (χ3v) is 3.19. The highest BCUT2D eigenvalue weighted by Crippen LogP contribution is 2.31. The van der Waals surface area contributed by atoms with Crippen LogP contribution in [0.4, 0.5) is 4.39 Å². The zero-order chi connectivity index (χ0) is 13.9. The second-order valence-corrected chi connectivity index (χ2v) is 6.62. The quantitative estimate of drug-likeness (QED) is 0.828. The van der Waals surface area contributed by atoms with Crippen LogP contribution in [0.1, 0.15) is 57.8 Å². The van der Waals surface area contributed by atoms with Gasteiger partial charge in [0, 0.05) is 0 Å². The van der Waals surface area contributed by atoms with E-state index in [0.717, 1.165) is 17.5 Å². The number of aliphatic hydroxyl groups is 1. The average Bonchev–Trinajstić information content (AvgIpc) is 2.18. The maximum atomic E-state index is 13.2. The monoisotopic (exact) mass is 252 g/mol. The molecule has 0 amide bonds. The van der Waals surface area contributed by atoms with Gasteiger partial charge in [0.2, 0.25) is 0 Å². The summed E-state index contributed by atoms with van der Waals surface area (Å²) in [6, 6.07) is 4.61. The Hall–Kier alpha value is -0.890. The molecule has 1 rings (SSSR count). The van der Waals surface area contributed by atoms with Crippen LogP contribution in [0.3, 0.4) is 0 Å². The summed E-state index contributed by atoms with van der Waals surface area (Å²) >= 11 is 0. The maximum absolute atomic E-state index is 13.2. The van der Waals surface area contributed by atoms with Crippen LogP contribution in [-0.4, -0.2) is 5.11 Å². The number of aliphatic hydroxyl groups excluding tert-OH is 1. The third kappa shape index (κ3) is 4.77. The molecule has 2 unspecified atom stereocenters. The fourth-order valence-electron chi connectivity index (χ4n) is 2.61. The van der Waals surface area contributed by atoms with Gasteiger partial charge >= 0.3 is 0 Å². The van der Waals surface area contributed by atoms with Gasteiger partial charge in [0.1, 0.15) is 5.82 Å². The first-order chi connectivity index (χ1) is 8.19. The molecule has 1 N–H and O–H groups in total. The van der Waals surface area contributed by atoms with Gasteiger partial charge < -0.3 is 5.11 Å². The minimum atomic E-state index is -0.571. The summed E-state index contributed by atoms with van der Waals surface area (Å²) in [5, 5.41) is 10.2. The topological polar surface area (TPSA) is 20.2 Å². The van der Waals surface area contributed by atoms with Gasteiger partial charge in [-0.05, 0) is 54.4 Å². The number of halogens is 1. The molecule has 0 saturated carbocycles. The molecule has 0 radical (unpaired) electrons. The maximum Gasteiger partial charge on any atom is 0.123 e. The van der Waals surface area contributed by atoms with E-state index in [1.165, 1.54) is 12.1 Å². The first kappa shape index (κ1) is 15.2. The van der Waals surface area contributed by atoms with Crippen molar-refractivity contribution in [2.24, 2.45) is 11.3 Å². The summed E-state index contributed by atoms with van der Waals surface area (Å²) in [4.78, 5) is 0. The Morgan fingerprint density at radius 3 is 2.44 bits per heavy atom. The lowest BCUT2D eigenvalue weighted by atomic mass is 9.82. The van der Waals surface area contributed by atoms with Gasteiger partial charge in [-0.15, -0.1) is 0 Å². The van der Waals surface area contributed by atoms with Crippen molar-refractivity contribution in [1.29, 1.82) is 0 Å². The molecule has 2 atom stereocenters. The lowest BCUT2D eigenvalue weighted by molar-refractivity contribution is 0.133. The summed E-state index contributed by atoms with van der Waals surface area (Å²) < 4.78 is 13.2. The molecule has 0 aliphatic rings. The van der Waals surface area contributed by atoms with Crippen molar-refractivity contribution in [3.63, 3.8) is 0 Å². The van der Waals surface area contributed by atoms with Gasteiger partial charge in [-0.1, -0.05) is 33.8 Å². The number of rotatable bonds is 4. The van der Waals surface area contributed by atoms with Gasteiger partial charge in [-0.2, -0.15) is 0 Å². The van der Waals surface area contributed by atoms with Crippen molar-refractivity contribution in [2.75, 3.05) is 0 Å². The highest BCUT2D eigenvalue weighted by atomic mass is 19.1. The predicted octanol–water partition coefficient (Wildman–Crippen LogP) is 4.63. The second-order valence-electron chi connectivity index (χ2n) is 6.62. The van der Waals surface area contributed by atoms with Crippen LogP contribution in [0.25, 0.3) is 0 Å². The van der Waals surface area contributed by atoms with Crippen molar-refractivity contribution < 1.29 is 9.50 Å². The lowest BCUT2D eigenvalue weighted by Gasteiger charge is -2.25. The van der Waals surface area contributed by atoms with E-state index >= 15 is 0 Å². The Bertz CT molecular complexity index is 393. The predicted molar refractivity (Wildman–Crippen MR) is 73.9 cm³/mol. The van der Waals surface area contributed by atoms with Crippen molar-refractivity contribution in [2.45, 2.75) is 53.6 Å². The van der Waals surface area contributed by atoms with Gasteiger partial charge in [-0.25, -0.2) is 4.39 Å². The lowest BCUT2D eigenvalue weighted by Crippen LogP contribution is -2.14. The highest BCUT2D eigenvalue weighted by Gasteiger charge is 2.20. The SMILES string of the molecule is Cc1ccc(F)cc1C(O)CC(C)CC(C)(C)C. The van der Waals surface area contributed by atoms with Crippen LogP contribution >= 0.6 is 0 Å². The van der Waals surface area contributed by atoms with E-state index in [9.17, 15) is 9.50 Å². The zero-order valence-corrected chi connectivity index (χ0v) is 12.1. The largest absolute Gasteiger partial charge is 0.388 e. The molecule has 102 valence electrons. The van der Waals surface area contributed by atoms with Gasteiger partial charge in [-0.3, -0.25) is 0 Å². The molecule has 0 heterocycles. The van der Waals surface area contributed by atoms with Crippen LogP contribution in [0.15, 0.2) is 18.2 Å². The van der Waals surface area contributed by atoms with Crippen LogP contribution in [0.5, 0.6) is 0 Å². The van der Waals surface area contributed by atoms with Crippen molar-refractivity contribution in [3.05, 3.63) is 35.1 Å². The summed E-state index contributed by atoms with van der Waals surface area (Å²) in [7, 11) is 0. The molecular formula is C16H25FO. The van der Waals surface area contributed by atoms with E-state index in [1.807, 2.05) is 6.92 Å². The second kappa shape index (κ2) is 5.83. The molecule has 18 heavy (non-hydrogen) atoms. The Balaban J connectivity index is 2.70. The van der Waals surface area contributed by atoms with Gasteiger partial charge in [0.15, 0.2) is 0 Å². The van der Waals surface area contributed by atoms with E-state index in [2.05, 4.69) is 27.7 Å². The summed E-state index contributed by atoms with van der Waals surface area (Å²) in [6.07, 6.45) is 1.16. The van der Waals surface area contributed by atoms with Crippen LogP contribution in [-0.2, 0) is 0 Å². The molecule has 1 aromatic rings. The highest BCUT2D eigenvalue weighted by molar-refractivity contribution is 5.28. The molecule has 1 nitrogen and oxygen atoms in total. The van der Waals surface area contributed by atoms with E-state index in [-0.39, 0.29) is 11.2 Å². The van der Waals surface area contributed by atoms with E-state index < -0.39 is 6.10 Å². The van der Waals surface area contributed by atoms with Crippen molar-refractivity contribution in [1.82, 2.24) is 0 Å². The number of aryl methyl sites for hydroxylation is 1. The van der Waals surface area contributed by atoms with E-state index in [4.69, 9.17) is 0 Å². The van der Waals surface area contributed by atoms with E-state index in [1.54, 1.807) is 6.07 Å². The number of hydrogen-bond donors (Lipinski definition) is 1. The number of hydrogen-bond acceptors (Lipinski definition) is 1. The molecule has 0 spiro atoms.